The van der Waals surface area contributed by atoms with E-state index in [1.807, 2.05) is 11.8 Å². The molecule has 0 bridgehead atoms. The maximum atomic E-state index is 9.79. The van der Waals surface area contributed by atoms with Crippen molar-refractivity contribution in [3.63, 3.8) is 0 Å². The fourth-order valence-corrected chi connectivity index (χ4v) is 2.48. The predicted molar refractivity (Wildman–Crippen MR) is 59.3 cm³/mol. The Kier molecular flexibility index (Phi) is 5.14. The van der Waals surface area contributed by atoms with Crippen molar-refractivity contribution < 1.29 is 5.11 Å². The lowest BCUT2D eigenvalue weighted by atomic mass is 9.92. The standard InChI is InChI=1S/C10H21NOS/c1-11(7-8-13-2)9-5-3-4-6-10(9)12/h9-10,12H,3-8H2,1-2H3/t9-,10-/m0/s1. The summed E-state index contributed by atoms with van der Waals surface area (Å²) in [5, 5.41) is 9.79. The second kappa shape index (κ2) is 5.89. The van der Waals surface area contributed by atoms with E-state index in [-0.39, 0.29) is 6.10 Å². The maximum absolute atomic E-state index is 9.79. The molecule has 3 heteroatoms. The fourth-order valence-electron chi connectivity index (χ4n) is 2.01. The van der Waals surface area contributed by atoms with Gasteiger partial charge in [0.05, 0.1) is 6.10 Å². The van der Waals surface area contributed by atoms with Gasteiger partial charge in [-0.05, 0) is 26.1 Å². The molecule has 1 aliphatic rings. The van der Waals surface area contributed by atoms with Crippen LogP contribution in [0.15, 0.2) is 0 Å². The molecule has 78 valence electrons. The Morgan fingerprint density at radius 3 is 2.69 bits per heavy atom. The van der Waals surface area contributed by atoms with Crippen LogP contribution in [0.4, 0.5) is 0 Å². The summed E-state index contributed by atoms with van der Waals surface area (Å²) >= 11 is 1.87. The first-order valence-electron chi connectivity index (χ1n) is 5.13. The van der Waals surface area contributed by atoms with Crippen LogP contribution in [-0.2, 0) is 0 Å². The average molecular weight is 203 g/mol. The highest BCUT2D eigenvalue weighted by atomic mass is 32.2. The Labute approximate surface area is 85.7 Å². The van der Waals surface area contributed by atoms with Crippen LogP contribution in [0.3, 0.4) is 0 Å². The number of hydrogen-bond acceptors (Lipinski definition) is 3. The van der Waals surface area contributed by atoms with E-state index in [1.165, 1.54) is 25.0 Å². The number of likely N-dealkylation sites (N-methyl/N-ethyl adjacent to an activating group) is 1. The maximum Gasteiger partial charge on any atom is 0.0695 e. The molecule has 0 heterocycles. The van der Waals surface area contributed by atoms with E-state index in [2.05, 4.69) is 18.2 Å². The van der Waals surface area contributed by atoms with Crippen molar-refractivity contribution in [1.82, 2.24) is 4.90 Å². The minimum Gasteiger partial charge on any atom is -0.391 e. The van der Waals surface area contributed by atoms with Gasteiger partial charge in [0, 0.05) is 18.3 Å². The van der Waals surface area contributed by atoms with Gasteiger partial charge in [-0.25, -0.2) is 0 Å². The molecule has 0 unspecified atom stereocenters. The van der Waals surface area contributed by atoms with Gasteiger partial charge in [0.1, 0.15) is 0 Å². The van der Waals surface area contributed by atoms with Gasteiger partial charge in [-0.3, -0.25) is 0 Å². The van der Waals surface area contributed by atoms with E-state index in [1.54, 1.807) is 0 Å². The monoisotopic (exact) mass is 203 g/mol. The molecule has 13 heavy (non-hydrogen) atoms. The van der Waals surface area contributed by atoms with Gasteiger partial charge >= 0.3 is 0 Å². The highest BCUT2D eigenvalue weighted by molar-refractivity contribution is 7.98. The van der Waals surface area contributed by atoms with Crippen LogP contribution >= 0.6 is 11.8 Å². The number of aliphatic hydroxyl groups excluding tert-OH is 1. The highest BCUT2D eigenvalue weighted by Gasteiger charge is 2.25. The molecule has 0 spiro atoms. The normalized spacial score (nSPS) is 29.5. The molecule has 2 nitrogen and oxygen atoms in total. The topological polar surface area (TPSA) is 23.5 Å². The molecule has 0 saturated heterocycles. The van der Waals surface area contributed by atoms with Crippen LogP contribution in [0.5, 0.6) is 0 Å². The molecular weight excluding hydrogens is 182 g/mol. The van der Waals surface area contributed by atoms with E-state index in [4.69, 9.17) is 0 Å². The van der Waals surface area contributed by atoms with Crippen LogP contribution in [0.2, 0.25) is 0 Å². The van der Waals surface area contributed by atoms with Crippen molar-refractivity contribution >= 4 is 11.8 Å². The van der Waals surface area contributed by atoms with Gasteiger partial charge in [-0.15, -0.1) is 0 Å². The largest absolute Gasteiger partial charge is 0.391 e. The quantitative estimate of drug-likeness (QED) is 0.750. The van der Waals surface area contributed by atoms with Gasteiger partial charge in [0.2, 0.25) is 0 Å². The number of nitrogens with zero attached hydrogens (tertiary/aromatic N) is 1. The third kappa shape index (κ3) is 3.49. The summed E-state index contributed by atoms with van der Waals surface area (Å²) in [6.07, 6.45) is 6.70. The Balaban J connectivity index is 2.30. The first kappa shape index (κ1) is 11.3. The summed E-state index contributed by atoms with van der Waals surface area (Å²) in [6.45, 7) is 1.10. The third-order valence-electron chi connectivity index (χ3n) is 2.91. The number of rotatable bonds is 4. The third-order valence-corrected chi connectivity index (χ3v) is 3.50. The Morgan fingerprint density at radius 2 is 2.08 bits per heavy atom. The first-order chi connectivity index (χ1) is 6.25. The smallest absolute Gasteiger partial charge is 0.0695 e. The molecule has 0 aromatic carbocycles. The minimum atomic E-state index is -0.0828. The second-order valence-electron chi connectivity index (χ2n) is 3.89. The molecule has 2 atom stereocenters. The van der Waals surface area contributed by atoms with Crippen LogP contribution in [0, 0.1) is 0 Å². The molecular formula is C10H21NOS. The molecule has 1 fully saturated rings. The first-order valence-corrected chi connectivity index (χ1v) is 6.52. The van der Waals surface area contributed by atoms with Crippen molar-refractivity contribution in [2.24, 2.45) is 0 Å². The number of thioether (sulfide) groups is 1. The van der Waals surface area contributed by atoms with Crippen LogP contribution in [0.25, 0.3) is 0 Å². The summed E-state index contributed by atoms with van der Waals surface area (Å²) in [4.78, 5) is 2.32. The SMILES string of the molecule is CSCCN(C)[C@H]1CCCC[C@@H]1O. The molecule has 0 aromatic heterocycles. The van der Waals surface area contributed by atoms with Gasteiger partial charge in [0.15, 0.2) is 0 Å². The average Bonchev–Trinajstić information content (AvgIpc) is 2.15. The fraction of sp³-hybridized carbons (Fsp3) is 1.00. The lowest BCUT2D eigenvalue weighted by Crippen LogP contribution is -2.44. The Bertz CT molecular complexity index is 143. The van der Waals surface area contributed by atoms with E-state index < -0.39 is 0 Å². The highest BCUT2D eigenvalue weighted by Crippen LogP contribution is 2.22. The van der Waals surface area contributed by atoms with Crippen molar-refractivity contribution in [2.75, 3.05) is 25.6 Å². The summed E-state index contributed by atoms with van der Waals surface area (Å²) in [6, 6.07) is 0.417. The lowest BCUT2D eigenvalue weighted by molar-refractivity contribution is 0.0351. The molecule has 1 aliphatic carbocycles. The van der Waals surface area contributed by atoms with Crippen LogP contribution in [-0.4, -0.2) is 47.8 Å². The zero-order valence-corrected chi connectivity index (χ0v) is 9.52. The van der Waals surface area contributed by atoms with Gasteiger partial charge in [-0.1, -0.05) is 12.8 Å². The Morgan fingerprint density at radius 1 is 1.38 bits per heavy atom. The van der Waals surface area contributed by atoms with E-state index >= 15 is 0 Å². The van der Waals surface area contributed by atoms with Crippen LogP contribution < -0.4 is 0 Å². The van der Waals surface area contributed by atoms with E-state index in [9.17, 15) is 5.11 Å². The molecule has 0 aromatic rings. The van der Waals surface area contributed by atoms with Crippen LogP contribution in [0.1, 0.15) is 25.7 Å². The molecule has 0 aliphatic heterocycles. The molecule has 1 N–H and O–H groups in total. The van der Waals surface area contributed by atoms with Crippen molar-refractivity contribution in [3.05, 3.63) is 0 Å². The summed E-state index contributed by atoms with van der Waals surface area (Å²) in [5.74, 6) is 1.17. The van der Waals surface area contributed by atoms with Crippen molar-refractivity contribution in [2.45, 2.75) is 37.8 Å². The zero-order chi connectivity index (χ0) is 9.68. The molecule has 0 radical (unpaired) electrons. The molecule has 1 saturated carbocycles. The van der Waals surface area contributed by atoms with Gasteiger partial charge in [-0.2, -0.15) is 11.8 Å². The van der Waals surface area contributed by atoms with Crippen molar-refractivity contribution in [1.29, 1.82) is 0 Å². The van der Waals surface area contributed by atoms with Gasteiger partial charge < -0.3 is 10.0 Å². The zero-order valence-electron chi connectivity index (χ0n) is 8.70. The van der Waals surface area contributed by atoms with Crippen molar-refractivity contribution in [3.8, 4) is 0 Å². The number of hydrogen-bond donors (Lipinski definition) is 1. The predicted octanol–water partition coefficient (Wildman–Crippen LogP) is 1.58. The molecule has 0 amide bonds. The Hall–Kier alpha value is 0.270. The summed E-state index contributed by atoms with van der Waals surface area (Å²) in [5.41, 5.74) is 0. The van der Waals surface area contributed by atoms with Gasteiger partial charge in [0.25, 0.3) is 0 Å². The number of aliphatic hydroxyl groups is 1. The second-order valence-corrected chi connectivity index (χ2v) is 4.88. The molecule has 1 rings (SSSR count). The lowest BCUT2D eigenvalue weighted by Gasteiger charge is -2.35. The van der Waals surface area contributed by atoms with E-state index in [0.717, 1.165) is 13.0 Å². The summed E-state index contributed by atoms with van der Waals surface area (Å²) < 4.78 is 0. The summed E-state index contributed by atoms with van der Waals surface area (Å²) in [7, 11) is 2.13. The van der Waals surface area contributed by atoms with E-state index in [0.29, 0.717) is 6.04 Å². The minimum absolute atomic E-state index is 0.0828.